The maximum absolute atomic E-state index is 13.9. The van der Waals surface area contributed by atoms with Gasteiger partial charge >= 0.3 is 10.2 Å². The quantitative estimate of drug-likeness (QED) is 0.154. The molecule has 0 heterocycles. The molecule has 0 aliphatic rings. The van der Waals surface area contributed by atoms with Crippen LogP contribution >= 0.6 is 33.4 Å². The monoisotopic (exact) mass is 607 g/mol. The van der Waals surface area contributed by atoms with Gasteiger partial charge in [0.25, 0.3) is 0 Å². The minimum atomic E-state index is -9.75. The van der Waals surface area contributed by atoms with Crippen molar-refractivity contribution in [3.05, 3.63) is 82.1 Å². The van der Waals surface area contributed by atoms with Crippen molar-refractivity contribution < 1.29 is 40.7 Å². The van der Waals surface area contributed by atoms with Gasteiger partial charge in [-0.1, -0.05) is 48.7 Å². The van der Waals surface area contributed by atoms with Gasteiger partial charge in [-0.2, -0.15) is 0 Å². The molecule has 3 aromatic rings. The van der Waals surface area contributed by atoms with E-state index in [1.165, 1.54) is 18.2 Å². The summed E-state index contributed by atoms with van der Waals surface area (Å²) in [6, 6.07) is 11.7. The van der Waals surface area contributed by atoms with Crippen LogP contribution < -0.4 is 23.0 Å². The summed E-state index contributed by atoms with van der Waals surface area (Å²) in [6.45, 7) is 1.93. The van der Waals surface area contributed by atoms with Crippen molar-refractivity contribution >= 4 is 50.5 Å². The molecule has 206 valence electrons. The van der Waals surface area contributed by atoms with Crippen LogP contribution in [0.2, 0.25) is 10.0 Å². The molecule has 3 aromatic carbocycles. The standard InChI is InChI=1S/C24H26Cl2F6N3S.ClH/c1-35(2,16-17-4-5-18(25)14-22(17)26)13-3-12-33-24-15-19(27)6-11-23(24)34-20-7-9-21(10-8-20)36(28,29,30,31)32;/h4-11,14-15,33-34H,3,12-13,16H2,1-2H3;1H/q+1;/p-1. The summed E-state index contributed by atoms with van der Waals surface area (Å²) in [5.41, 5.74) is 1.88. The van der Waals surface area contributed by atoms with Gasteiger partial charge in [0.1, 0.15) is 17.3 Å². The highest BCUT2D eigenvalue weighted by molar-refractivity contribution is 8.45. The molecule has 0 saturated heterocycles. The minimum Gasteiger partial charge on any atom is -1.00 e. The maximum Gasteiger partial charge on any atom is 0.310 e. The van der Waals surface area contributed by atoms with Gasteiger partial charge in [-0.15, -0.1) is 0 Å². The fraction of sp³-hybridized carbons (Fsp3) is 0.250. The molecular weight excluding hydrogens is 583 g/mol. The number of quaternary nitrogens is 1. The Hall–Kier alpha value is -1.98. The van der Waals surface area contributed by atoms with Crippen molar-refractivity contribution in [3.8, 4) is 0 Å². The van der Waals surface area contributed by atoms with Crippen molar-refractivity contribution in [1.29, 1.82) is 0 Å². The summed E-state index contributed by atoms with van der Waals surface area (Å²) in [5.74, 6) is -0.507. The lowest BCUT2D eigenvalue weighted by Gasteiger charge is -2.40. The van der Waals surface area contributed by atoms with Crippen LogP contribution in [0, 0.1) is 5.82 Å². The molecule has 0 aliphatic heterocycles. The average Bonchev–Trinajstić information content (AvgIpc) is 2.74. The highest BCUT2D eigenvalue weighted by Crippen LogP contribution is 3.02. The zero-order valence-electron chi connectivity index (χ0n) is 19.9. The first-order valence-corrected chi connectivity index (χ1v) is 13.5. The molecule has 2 N–H and O–H groups in total. The Kier molecular flexibility index (Phi) is 8.99. The Balaban J connectivity index is 0.00000481. The summed E-state index contributed by atoms with van der Waals surface area (Å²) in [4.78, 5) is -1.97. The van der Waals surface area contributed by atoms with Crippen LogP contribution in [0.5, 0.6) is 0 Å². The Labute approximate surface area is 228 Å². The van der Waals surface area contributed by atoms with E-state index in [1.54, 1.807) is 12.1 Å². The number of rotatable bonds is 10. The molecular formula is C24H26Cl3F6N3S. The molecule has 3 rings (SSSR count). The molecule has 0 atom stereocenters. The van der Waals surface area contributed by atoms with E-state index in [2.05, 4.69) is 24.7 Å². The predicted octanol–water partition coefficient (Wildman–Crippen LogP) is 6.62. The minimum absolute atomic E-state index is 0. The van der Waals surface area contributed by atoms with E-state index in [-0.39, 0.29) is 18.1 Å². The highest BCUT2D eigenvalue weighted by atomic mass is 35.5. The van der Waals surface area contributed by atoms with Crippen molar-refractivity contribution in [2.45, 2.75) is 17.9 Å². The summed E-state index contributed by atoms with van der Waals surface area (Å²) in [6.07, 6.45) is 0.715. The van der Waals surface area contributed by atoms with E-state index in [4.69, 9.17) is 23.2 Å². The third-order valence-electron chi connectivity index (χ3n) is 5.43. The number of nitrogens with zero attached hydrogens (tertiary/aromatic N) is 1. The normalized spacial score (nSPS) is 13.8. The number of benzene rings is 3. The fourth-order valence-corrected chi connectivity index (χ4v) is 4.76. The van der Waals surface area contributed by atoms with Gasteiger partial charge in [0, 0.05) is 29.2 Å². The molecule has 0 saturated carbocycles. The van der Waals surface area contributed by atoms with Gasteiger partial charge < -0.3 is 27.5 Å². The lowest BCUT2D eigenvalue weighted by atomic mass is 10.2. The topological polar surface area (TPSA) is 24.1 Å². The summed E-state index contributed by atoms with van der Waals surface area (Å²) in [5, 5.41) is 7.13. The number of hydrogen-bond acceptors (Lipinski definition) is 2. The third kappa shape index (κ3) is 9.37. The predicted molar refractivity (Wildman–Crippen MR) is 138 cm³/mol. The van der Waals surface area contributed by atoms with E-state index in [1.807, 2.05) is 6.07 Å². The molecule has 0 unspecified atom stereocenters. The summed E-state index contributed by atoms with van der Waals surface area (Å²) in [7, 11) is -5.65. The number of halogens is 9. The second kappa shape index (κ2) is 10.6. The molecule has 0 bridgehead atoms. The second-order valence-electron chi connectivity index (χ2n) is 9.14. The molecule has 0 spiro atoms. The molecule has 13 heteroatoms. The molecule has 3 nitrogen and oxygen atoms in total. The highest BCUT2D eigenvalue weighted by Gasteiger charge is 2.65. The zero-order valence-corrected chi connectivity index (χ0v) is 22.9. The zero-order chi connectivity index (χ0) is 26.8. The summed E-state index contributed by atoms with van der Waals surface area (Å²) < 4.78 is 79.2. The van der Waals surface area contributed by atoms with Crippen LogP contribution in [0.4, 0.5) is 40.9 Å². The van der Waals surface area contributed by atoms with Crippen LogP contribution in [-0.4, -0.2) is 31.7 Å². The lowest BCUT2D eigenvalue weighted by molar-refractivity contribution is -0.903. The Morgan fingerprint density at radius 1 is 0.838 bits per heavy atom. The van der Waals surface area contributed by atoms with E-state index < -0.39 is 20.9 Å². The largest absolute Gasteiger partial charge is 1.00 e. The molecule has 0 aliphatic carbocycles. The smallest absolute Gasteiger partial charge is 0.310 e. The number of nitrogens with one attached hydrogen (secondary N) is 2. The van der Waals surface area contributed by atoms with Crippen molar-refractivity contribution in [2.75, 3.05) is 37.8 Å². The Morgan fingerprint density at radius 2 is 1.49 bits per heavy atom. The van der Waals surface area contributed by atoms with Crippen LogP contribution in [-0.2, 0) is 6.54 Å². The van der Waals surface area contributed by atoms with Gasteiger partial charge in [-0.25, -0.2) is 4.39 Å². The van der Waals surface area contributed by atoms with E-state index >= 15 is 0 Å². The first-order valence-electron chi connectivity index (χ1n) is 10.8. The van der Waals surface area contributed by atoms with Crippen molar-refractivity contribution in [3.63, 3.8) is 0 Å². The Bertz CT molecular complexity index is 1240. The van der Waals surface area contributed by atoms with Gasteiger partial charge in [-0.05, 0) is 54.6 Å². The van der Waals surface area contributed by atoms with E-state index in [0.717, 1.165) is 24.2 Å². The first-order chi connectivity index (χ1) is 16.4. The lowest BCUT2D eigenvalue weighted by Crippen LogP contribution is -3.00. The van der Waals surface area contributed by atoms with Crippen molar-refractivity contribution in [2.24, 2.45) is 0 Å². The Morgan fingerprint density at radius 3 is 2.08 bits per heavy atom. The van der Waals surface area contributed by atoms with E-state index in [9.17, 15) is 23.8 Å². The van der Waals surface area contributed by atoms with Gasteiger partial charge in [0.15, 0.2) is 0 Å². The van der Waals surface area contributed by atoms with E-state index in [0.29, 0.717) is 57.5 Å². The molecule has 37 heavy (non-hydrogen) atoms. The second-order valence-corrected chi connectivity index (χ2v) is 12.4. The van der Waals surface area contributed by atoms with Gasteiger partial charge in [0.2, 0.25) is 0 Å². The van der Waals surface area contributed by atoms with Crippen LogP contribution in [0.3, 0.4) is 0 Å². The maximum atomic E-state index is 13.9. The molecule has 0 fully saturated rings. The molecule has 0 aromatic heterocycles. The SMILES string of the molecule is C[N+](C)(CCCNc1cc(F)ccc1Nc1ccc(S(F)(F)(F)(F)F)cc1)Cc1ccc(Cl)cc1Cl.[Cl-]. The first kappa shape index (κ1) is 31.2. The van der Waals surface area contributed by atoms with Crippen LogP contribution in [0.25, 0.3) is 0 Å². The third-order valence-corrected chi connectivity index (χ3v) is 7.18. The number of hydrogen-bond donors (Lipinski definition) is 2. The molecule has 0 amide bonds. The van der Waals surface area contributed by atoms with Gasteiger partial charge in [-0.3, -0.25) is 0 Å². The van der Waals surface area contributed by atoms with Crippen LogP contribution in [0.15, 0.2) is 65.6 Å². The molecule has 0 radical (unpaired) electrons. The van der Waals surface area contributed by atoms with Crippen molar-refractivity contribution in [1.82, 2.24) is 0 Å². The average molecular weight is 609 g/mol. The fourth-order valence-electron chi connectivity index (χ4n) is 3.64. The number of anilines is 3. The van der Waals surface area contributed by atoms with Crippen LogP contribution in [0.1, 0.15) is 12.0 Å². The van der Waals surface area contributed by atoms with Gasteiger partial charge in [0.05, 0.1) is 37.0 Å². The summed E-state index contributed by atoms with van der Waals surface area (Å²) >= 11 is 12.2.